The number of amides is 1. The number of benzene rings is 1. The van der Waals surface area contributed by atoms with Crippen LogP contribution < -0.4 is 5.32 Å². The molecular weight excluding hydrogens is 410 g/mol. The number of carbonyl (C=O) groups is 1. The molecule has 7 heteroatoms. The van der Waals surface area contributed by atoms with Crippen molar-refractivity contribution in [2.45, 2.75) is 113 Å². The quantitative estimate of drug-likeness (QED) is 0.739. The van der Waals surface area contributed by atoms with Crippen LogP contribution in [0.15, 0.2) is 24.3 Å². The van der Waals surface area contributed by atoms with Gasteiger partial charge in [0.25, 0.3) is 5.91 Å². The largest absolute Gasteiger partial charge is 0.341 e. The summed E-state index contributed by atoms with van der Waals surface area (Å²) in [7, 11) is 0. The second-order valence-corrected chi connectivity index (χ2v) is 10.1. The number of carbonyl (C=O) groups excluding carboxylic acids is 1. The van der Waals surface area contributed by atoms with Crippen LogP contribution in [0.25, 0.3) is 0 Å². The van der Waals surface area contributed by atoms with Gasteiger partial charge in [0.1, 0.15) is 18.3 Å². The molecule has 6 rings (SSSR count). The summed E-state index contributed by atoms with van der Waals surface area (Å²) in [4.78, 5) is 13.4. The van der Waals surface area contributed by atoms with Gasteiger partial charge in [0.05, 0.1) is 0 Å². The van der Waals surface area contributed by atoms with Crippen LogP contribution in [0.2, 0.25) is 0 Å². The fraction of sp³-hybridized carbons (Fsp3) is 0.720. The zero-order valence-corrected chi connectivity index (χ0v) is 18.7. The number of hydrogen-bond acceptors (Lipinski definition) is 6. The summed E-state index contributed by atoms with van der Waals surface area (Å²) in [5.41, 5.74) is 1.88. The molecule has 1 aromatic carbocycles. The molecule has 1 aromatic rings. The van der Waals surface area contributed by atoms with Crippen LogP contribution in [0.5, 0.6) is 0 Å². The van der Waals surface area contributed by atoms with Crippen molar-refractivity contribution in [2.24, 2.45) is 0 Å². The number of aryl methyl sites for hydroxylation is 1. The number of ether oxygens (including phenoxy) is 5. The highest BCUT2D eigenvalue weighted by Gasteiger charge is 2.65. The van der Waals surface area contributed by atoms with E-state index in [0.29, 0.717) is 0 Å². The number of hydrogen-bond donors (Lipinski definition) is 1. The lowest BCUT2D eigenvalue weighted by molar-refractivity contribution is -0.246. The summed E-state index contributed by atoms with van der Waals surface area (Å²) >= 11 is 0. The maximum Gasteiger partial charge on any atom is 0.256 e. The monoisotopic (exact) mass is 443 g/mol. The lowest BCUT2D eigenvalue weighted by Gasteiger charge is -2.36. The third-order valence-electron chi connectivity index (χ3n) is 7.69. The van der Waals surface area contributed by atoms with Gasteiger partial charge in [0.15, 0.2) is 24.0 Å². The van der Waals surface area contributed by atoms with E-state index in [9.17, 15) is 4.79 Å². The molecule has 5 atom stereocenters. The first-order valence-corrected chi connectivity index (χ1v) is 12.3. The highest BCUT2D eigenvalue weighted by atomic mass is 16.9. The van der Waals surface area contributed by atoms with Crippen LogP contribution in [0, 0.1) is 6.92 Å². The Labute approximate surface area is 189 Å². The molecule has 32 heavy (non-hydrogen) atoms. The molecule has 0 radical (unpaired) electrons. The maximum absolute atomic E-state index is 13.4. The van der Waals surface area contributed by atoms with Gasteiger partial charge < -0.3 is 29.0 Å². The van der Waals surface area contributed by atoms with Crippen LogP contribution >= 0.6 is 0 Å². The highest BCUT2D eigenvalue weighted by Crippen LogP contribution is 2.51. The minimum Gasteiger partial charge on any atom is -0.341 e. The molecule has 5 fully saturated rings. The molecule has 0 bridgehead atoms. The van der Waals surface area contributed by atoms with E-state index in [1.165, 1.54) is 12.8 Å². The minimum atomic E-state index is -0.814. The molecule has 1 N–H and O–H groups in total. The van der Waals surface area contributed by atoms with Gasteiger partial charge in [-0.1, -0.05) is 30.5 Å². The van der Waals surface area contributed by atoms with Gasteiger partial charge in [0, 0.05) is 31.4 Å². The van der Waals surface area contributed by atoms with Crippen LogP contribution in [-0.4, -0.2) is 48.2 Å². The second-order valence-electron chi connectivity index (χ2n) is 10.1. The van der Waals surface area contributed by atoms with E-state index in [0.717, 1.165) is 62.6 Å². The van der Waals surface area contributed by atoms with Crippen molar-refractivity contribution in [1.82, 2.24) is 0 Å². The van der Waals surface area contributed by atoms with Crippen molar-refractivity contribution in [3.63, 3.8) is 0 Å². The SMILES string of the molecule is Cc1ccc(NC(=O)[C@H]2O[C@H]3OC4(CCCCC4)O[C@@H]3[C@H]3OC4(CCCCC4)O[C@H]32)cc1. The molecule has 3 saturated heterocycles. The van der Waals surface area contributed by atoms with E-state index in [2.05, 4.69) is 5.32 Å². The molecule has 1 amide bonds. The van der Waals surface area contributed by atoms with E-state index in [4.69, 9.17) is 23.7 Å². The number of nitrogens with one attached hydrogen (secondary N) is 1. The Balaban J connectivity index is 1.27. The van der Waals surface area contributed by atoms with Crippen molar-refractivity contribution in [3.8, 4) is 0 Å². The predicted octanol–water partition coefficient (Wildman–Crippen LogP) is 4.18. The highest BCUT2D eigenvalue weighted by molar-refractivity contribution is 5.94. The van der Waals surface area contributed by atoms with Crippen molar-refractivity contribution in [2.75, 3.05) is 5.32 Å². The Morgan fingerprint density at radius 3 is 2.00 bits per heavy atom. The summed E-state index contributed by atoms with van der Waals surface area (Å²) < 4.78 is 32.3. The van der Waals surface area contributed by atoms with E-state index < -0.39 is 30.1 Å². The van der Waals surface area contributed by atoms with Gasteiger partial charge in [-0.2, -0.15) is 0 Å². The first kappa shape index (κ1) is 21.1. The van der Waals surface area contributed by atoms with Crippen LogP contribution in [0.4, 0.5) is 5.69 Å². The zero-order valence-electron chi connectivity index (χ0n) is 18.7. The topological polar surface area (TPSA) is 75.3 Å². The molecule has 2 saturated carbocycles. The molecule has 3 heterocycles. The first-order valence-electron chi connectivity index (χ1n) is 12.3. The Morgan fingerprint density at radius 1 is 0.781 bits per heavy atom. The summed E-state index contributed by atoms with van der Waals surface area (Å²) in [5, 5.41) is 3.00. The lowest BCUT2D eigenvalue weighted by atomic mass is 9.94. The first-order chi connectivity index (χ1) is 15.5. The zero-order chi connectivity index (χ0) is 21.8. The third-order valence-corrected chi connectivity index (χ3v) is 7.69. The lowest BCUT2D eigenvalue weighted by Crippen LogP contribution is -2.58. The van der Waals surface area contributed by atoms with Gasteiger partial charge in [-0.05, 0) is 44.7 Å². The van der Waals surface area contributed by atoms with Crippen LogP contribution in [-0.2, 0) is 28.5 Å². The molecule has 0 aromatic heterocycles. The Morgan fingerprint density at radius 2 is 1.34 bits per heavy atom. The fourth-order valence-corrected chi connectivity index (χ4v) is 6.02. The Kier molecular flexibility index (Phi) is 5.30. The van der Waals surface area contributed by atoms with Crippen molar-refractivity contribution >= 4 is 11.6 Å². The maximum atomic E-state index is 13.4. The van der Waals surface area contributed by atoms with Gasteiger partial charge >= 0.3 is 0 Å². The van der Waals surface area contributed by atoms with E-state index in [1.807, 2.05) is 31.2 Å². The Bertz CT molecular complexity index is 844. The normalized spacial score (nSPS) is 37.2. The molecular formula is C25H33NO6. The molecule has 3 aliphatic heterocycles. The smallest absolute Gasteiger partial charge is 0.256 e. The van der Waals surface area contributed by atoms with Crippen molar-refractivity contribution < 1.29 is 28.5 Å². The summed E-state index contributed by atoms with van der Waals surface area (Å²) in [5.74, 6) is -1.49. The summed E-state index contributed by atoms with van der Waals surface area (Å²) in [6.07, 6.45) is 7.37. The number of anilines is 1. The van der Waals surface area contributed by atoms with Gasteiger partial charge in [-0.15, -0.1) is 0 Å². The standard InChI is InChI=1S/C25H33NO6/c1-16-8-10-17(11-9-16)26-22(27)20-18-19(30-24(29-18)12-4-2-5-13-24)21-23(28-20)32-25(31-21)14-6-3-7-15-25/h8-11,18-21,23H,2-7,12-15H2,1H3,(H,26,27)/t18-,19+,20+,21-,23+/m1/s1. The fourth-order valence-electron chi connectivity index (χ4n) is 6.02. The van der Waals surface area contributed by atoms with Crippen LogP contribution in [0.1, 0.15) is 69.8 Å². The molecule has 7 nitrogen and oxygen atoms in total. The van der Waals surface area contributed by atoms with Crippen molar-refractivity contribution in [1.29, 1.82) is 0 Å². The van der Waals surface area contributed by atoms with Gasteiger partial charge in [-0.25, -0.2) is 0 Å². The number of rotatable bonds is 2. The van der Waals surface area contributed by atoms with Gasteiger partial charge in [0.2, 0.25) is 0 Å². The summed E-state index contributed by atoms with van der Waals surface area (Å²) in [6.45, 7) is 2.02. The Hall–Kier alpha value is -1.51. The molecule has 5 aliphatic rings. The van der Waals surface area contributed by atoms with E-state index >= 15 is 0 Å². The average Bonchev–Trinajstić information content (AvgIpc) is 3.33. The number of fused-ring (bicyclic) bond motifs is 3. The second kappa shape index (κ2) is 8.06. The van der Waals surface area contributed by atoms with Crippen LogP contribution in [0.3, 0.4) is 0 Å². The molecule has 2 spiro atoms. The molecule has 2 aliphatic carbocycles. The molecule has 174 valence electrons. The van der Waals surface area contributed by atoms with E-state index in [-0.39, 0.29) is 18.1 Å². The van der Waals surface area contributed by atoms with Gasteiger partial charge in [-0.3, -0.25) is 4.79 Å². The summed E-state index contributed by atoms with van der Waals surface area (Å²) in [6, 6.07) is 7.75. The molecule has 0 unspecified atom stereocenters. The predicted molar refractivity (Wildman–Crippen MR) is 116 cm³/mol. The van der Waals surface area contributed by atoms with E-state index in [1.54, 1.807) is 0 Å². The third kappa shape index (κ3) is 3.68. The average molecular weight is 444 g/mol. The van der Waals surface area contributed by atoms with Crippen molar-refractivity contribution in [3.05, 3.63) is 29.8 Å². The minimum absolute atomic E-state index is 0.230.